The largest absolute Gasteiger partial charge is 0.0587 e. The highest BCUT2D eigenvalue weighted by atomic mass is 14.4. The molecule has 0 heterocycles. The molecule has 0 nitrogen and oxygen atoms in total. The summed E-state index contributed by atoms with van der Waals surface area (Å²) in [5.41, 5.74) is 5.58. The van der Waals surface area contributed by atoms with Crippen LogP contribution in [-0.2, 0) is 0 Å². The minimum absolute atomic E-state index is 0.848. The highest BCUT2D eigenvalue weighted by Crippen LogP contribution is 2.52. The predicted octanol–water partition coefficient (Wildman–Crippen LogP) is 5.57. The first-order chi connectivity index (χ1) is 9.79. The van der Waals surface area contributed by atoms with E-state index in [0.717, 1.165) is 17.8 Å². The van der Waals surface area contributed by atoms with Crippen LogP contribution in [0.15, 0.2) is 48.5 Å². The van der Waals surface area contributed by atoms with Gasteiger partial charge < -0.3 is 0 Å². The van der Waals surface area contributed by atoms with Crippen LogP contribution in [0.25, 0.3) is 11.1 Å². The Morgan fingerprint density at radius 2 is 1.40 bits per heavy atom. The van der Waals surface area contributed by atoms with Gasteiger partial charge in [0.1, 0.15) is 0 Å². The average Bonchev–Trinajstić information content (AvgIpc) is 3.11. The van der Waals surface area contributed by atoms with Gasteiger partial charge in [-0.1, -0.05) is 60.5 Å². The van der Waals surface area contributed by atoms with E-state index in [1.54, 1.807) is 5.56 Å². The van der Waals surface area contributed by atoms with Crippen molar-refractivity contribution in [3.8, 4) is 11.1 Å². The first-order valence-corrected chi connectivity index (χ1v) is 7.96. The fourth-order valence-electron chi connectivity index (χ4n) is 4.32. The van der Waals surface area contributed by atoms with E-state index in [0.29, 0.717) is 0 Å². The lowest BCUT2D eigenvalue weighted by Gasteiger charge is -2.22. The van der Waals surface area contributed by atoms with Crippen LogP contribution in [0.2, 0.25) is 0 Å². The highest BCUT2D eigenvalue weighted by molar-refractivity contribution is 5.64. The quantitative estimate of drug-likeness (QED) is 0.664. The minimum atomic E-state index is 0.848. The Morgan fingerprint density at radius 1 is 0.750 bits per heavy atom. The molecule has 0 heteroatoms. The molecule has 0 aliphatic heterocycles. The SMILES string of the molecule is Cc1ccc(-c2ccc(C3CC4CCC3C4)cc2)cc1. The molecule has 2 bridgehead atoms. The van der Waals surface area contributed by atoms with E-state index < -0.39 is 0 Å². The number of fused-ring (bicyclic) bond motifs is 2. The zero-order valence-electron chi connectivity index (χ0n) is 12.2. The summed E-state index contributed by atoms with van der Waals surface area (Å²) in [5, 5.41) is 0. The smallest absolute Gasteiger partial charge is 0.0131 e. The van der Waals surface area contributed by atoms with Crippen LogP contribution < -0.4 is 0 Å². The molecular formula is C20H22. The van der Waals surface area contributed by atoms with Crippen molar-refractivity contribution in [1.29, 1.82) is 0 Å². The molecule has 0 aromatic heterocycles. The van der Waals surface area contributed by atoms with E-state index in [4.69, 9.17) is 0 Å². The molecule has 3 atom stereocenters. The van der Waals surface area contributed by atoms with Crippen LogP contribution >= 0.6 is 0 Å². The van der Waals surface area contributed by atoms with Crippen molar-refractivity contribution in [2.75, 3.05) is 0 Å². The van der Waals surface area contributed by atoms with Crippen molar-refractivity contribution < 1.29 is 0 Å². The maximum absolute atomic E-state index is 2.38. The van der Waals surface area contributed by atoms with Gasteiger partial charge >= 0.3 is 0 Å². The van der Waals surface area contributed by atoms with Crippen LogP contribution in [0.1, 0.15) is 42.7 Å². The second-order valence-corrected chi connectivity index (χ2v) is 6.77. The van der Waals surface area contributed by atoms with Crippen LogP contribution in [0.4, 0.5) is 0 Å². The third-order valence-corrected chi connectivity index (χ3v) is 5.46. The Kier molecular flexibility index (Phi) is 2.91. The number of hydrogen-bond donors (Lipinski definition) is 0. The molecule has 0 amide bonds. The predicted molar refractivity (Wildman–Crippen MR) is 84.8 cm³/mol. The maximum atomic E-state index is 2.38. The molecule has 20 heavy (non-hydrogen) atoms. The first-order valence-electron chi connectivity index (χ1n) is 7.96. The number of rotatable bonds is 2. The molecular weight excluding hydrogens is 240 g/mol. The topological polar surface area (TPSA) is 0 Å². The molecule has 2 aromatic carbocycles. The Morgan fingerprint density at radius 3 is 1.95 bits per heavy atom. The third-order valence-electron chi connectivity index (χ3n) is 5.46. The molecule has 0 saturated heterocycles. The van der Waals surface area contributed by atoms with Crippen molar-refractivity contribution in [2.24, 2.45) is 11.8 Å². The van der Waals surface area contributed by atoms with Gasteiger partial charge in [0.2, 0.25) is 0 Å². The summed E-state index contributed by atoms with van der Waals surface area (Å²) >= 11 is 0. The van der Waals surface area contributed by atoms with Crippen molar-refractivity contribution in [3.63, 3.8) is 0 Å². The van der Waals surface area contributed by atoms with Crippen molar-refractivity contribution >= 4 is 0 Å². The Balaban J connectivity index is 1.58. The Labute approximate surface area is 121 Å². The fourth-order valence-corrected chi connectivity index (χ4v) is 4.32. The molecule has 2 fully saturated rings. The normalized spacial score (nSPS) is 27.9. The van der Waals surface area contributed by atoms with Gasteiger partial charge in [0.25, 0.3) is 0 Å². The lowest BCUT2D eigenvalue weighted by molar-refractivity contribution is 0.420. The van der Waals surface area contributed by atoms with Crippen molar-refractivity contribution in [2.45, 2.75) is 38.5 Å². The van der Waals surface area contributed by atoms with Crippen LogP contribution in [-0.4, -0.2) is 0 Å². The minimum Gasteiger partial charge on any atom is -0.0587 e. The summed E-state index contributed by atoms with van der Waals surface area (Å²) in [4.78, 5) is 0. The van der Waals surface area contributed by atoms with E-state index in [1.165, 1.54) is 42.4 Å². The Hall–Kier alpha value is -1.56. The van der Waals surface area contributed by atoms with Crippen molar-refractivity contribution in [1.82, 2.24) is 0 Å². The second-order valence-electron chi connectivity index (χ2n) is 6.77. The van der Waals surface area contributed by atoms with Gasteiger partial charge in [0, 0.05) is 0 Å². The molecule has 0 radical (unpaired) electrons. The highest BCUT2D eigenvalue weighted by Gasteiger charge is 2.39. The van der Waals surface area contributed by atoms with E-state index in [-0.39, 0.29) is 0 Å². The summed E-state index contributed by atoms with van der Waals surface area (Å²) in [7, 11) is 0. The molecule has 0 spiro atoms. The Bertz CT molecular complexity index is 591. The van der Waals surface area contributed by atoms with E-state index in [9.17, 15) is 0 Å². The summed E-state index contributed by atoms with van der Waals surface area (Å²) < 4.78 is 0. The lowest BCUT2D eigenvalue weighted by Crippen LogP contribution is -2.08. The summed E-state index contributed by atoms with van der Waals surface area (Å²) in [6, 6.07) is 18.2. The monoisotopic (exact) mass is 262 g/mol. The first kappa shape index (κ1) is 12.2. The molecule has 4 rings (SSSR count). The summed E-state index contributed by atoms with van der Waals surface area (Å²) in [5.74, 6) is 2.85. The van der Waals surface area contributed by atoms with Gasteiger partial charge in [-0.25, -0.2) is 0 Å². The van der Waals surface area contributed by atoms with E-state index in [1.807, 2.05) is 0 Å². The third kappa shape index (κ3) is 2.08. The van der Waals surface area contributed by atoms with E-state index >= 15 is 0 Å². The van der Waals surface area contributed by atoms with Gasteiger partial charge in [0.05, 0.1) is 0 Å². The van der Waals surface area contributed by atoms with Gasteiger partial charge in [-0.3, -0.25) is 0 Å². The fraction of sp³-hybridized carbons (Fsp3) is 0.400. The molecule has 2 aliphatic rings. The summed E-state index contributed by atoms with van der Waals surface area (Å²) in [6.45, 7) is 2.14. The van der Waals surface area contributed by atoms with Gasteiger partial charge in [0.15, 0.2) is 0 Å². The summed E-state index contributed by atoms with van der Waals surface area (Å²) in [6.07, 6.45) is 5.89. The lowest BCUT2D eigenvalue weighted by atomic mass is 9.83. The molecule has 2 saturated carbocycles. The average molecular weight is 262 g/mol. The maximum Gasteiger partial charge on any atom is -0.0131 e. The van der Waals surface area contributed by atoms with E-state index in [2.05, 4.69) is 55.5 Å². The van der Waals surface area contributed by atoms with Gasteiger partial charge in [-0.05, 0) is 60.6 Å². The standard InChI is InChI=1S/C20H22/c1-14-2-5-16(6-3-14)17-8-10-18(11-9-17)20-13-15-4-7-19(20)12-15/h2-3,5-6,8-11,15,19-20H,4,7,12-13H2,1H3. The molecule has 0 N–H and O–H groups in total. The zero-order valence-corrected chi connectivity index (χ0v) is 12.2. The number of benzene rings is 2. The molecule has 102 valence electrons. The zero-order chi connectivity index (χ0) is 13.5. The van der Waals surface area contributed by atoms with Crippen LogP contribution in [0.3, 0.4) is 0 Å². The van der Waals surface area contributed by atoms with Crippen LogP contribution in [0.5, 0.6) is 0 Å². The van der Waals surface area contributed by atoms with Gasteiger partial charge in [-0.2, -0.15) is 0 Å². The number of aryl methyl sites for hydroxylation is 1. The second kappa shape index (κ2) is 4.77. The van der Waals surface area contributed by atoms with Crippen molar-refractivity contribution in [3.05, 3.63) is 59.7 Å². The van der Waals surface area contributed by atoms with Crippen LogP contribution in [0, 0.1) is 18.8 Å². The molecule has 3 unspecified atom stereocenters. The number of hydrogen-bond acceptors (Lipinski definition) is 0. The molecule has 2 aromatic rings. The molecule has 2 aliphatic carbocycles. The van der Waals surface area contributed by atoms with Gasteiger partial charge in [-0.15, -0.1) is 0 Å².